The molecule has 1 aliphatic heterocycles. The van der Waals surface area contributed by atoms with E-state index in [-0.39, 0.29) is 17.0 Å². The number of hydrogen-bond donors (Lipinski definition) is 1. The Bertz CT molecular complexity index is 1290. The van der Waals surface area contributed by atoms with E-state index in [1.807, 2.05) is 32.9 Å². The summed E-state index contributed by atoms with van der Waals surface area (Å²) in [7, 11) is 0. The highest BCUT2D eigenvalue weighted by molar-refractivity contribution is 6.46. The van der Waals surface area contributed by atoms with Crippen molar-refractivity contribution in [1.29, 1.82) is 0 Å². The fourth-order valence-corrected chi connectivity index (χ4v) is 3.65. The van der Waals surface area contributed by atoms with E-state index in [0.717, 1.165) is 33.7 Å². The van der Waals surface area contributed by atoms with Gasteiger partial charge in [-0.25, -0.2) is 4.90 Å². The average molecular weight is 450 g/mol. The summed E-state index contributed by atoms with van der Waals surface area (Å²) in [5, 5.41) is 3.04. The van der Waals surface area contributed by atoms with Gasteiger partial charge in [-0.2, -0.15) is 13.2 Å². The van der Waals surface area contributed by atoms with Crippen LogP contribution in [0.3, 0.4) is 0 Å². The quantitative estimate of drug-likeness (QED) is 0.494. The minimum atomic E-state index is -4.60. The fourth-order valence-electron chi connectivity index (χ4n) is 3.65. The largest absolute Gasteiger partial charge is 0.416 e. The van der Waals surface area contributed by atoms with Gasteiger partial charge in [0.1, 0.15) is 5.70 Å². The molecule has 0 radical (unpaired) electrons. The number of carbonyl (C=O) groups excluding carboxylic acids is 2. The lowest BCUT2D eigenvalue weighted by Crippen LogP contribution is -2.32. The van der Waals surface area contributed by atoms with Crippen molar-refractivity contribution in [3.05, 3.63) is 100 Å². The van der Waals surface area contributed by atoms with Crippen LogP contribution in [0.2, 0.25) is 0 Å². The maximum Gasteiger partial charge on any atom is 0.416 e. The molecule has 0 fully saturated rings. The standard InChI is InChI=1S/C26H21F3N2O2/c1-15-7-10-18(11-8-15)22-23(30-20-12-9-16(2)17(3)13-20)25(33)31(24(22)32)21-6-4-5-19(14-21)26(27,28)29/h4-14,30H,1-3H3. The molecule has 7 heteroatoms. The van der Waals surface area contributed by atoms with Crippen LogP contribution < -0.4 is 10.2 Å². The molecule has 1 heterocycles. The van der Waals surface area contributed by atoms with Crippen molar-refractivity contribution >= 4 is 28.8 Å². The van der Waals surface area contributed by atoms with Crippen molar-refractivity contribution in [2.75, 3.05) is 10.2 Å². The first-order valence-corrected chi connectivity index (χ1v) is 10.3. The summed E-state index contributed by atoms with van der Waals surface area (Å²) in [5.41, 5.74) is 3.17. The van der Waals surface area contributed by atoms with Gasteiger partial charge in [0, 0.05) is 5.69 Å². The number of halogens is 3. The molecule has 1 aliphatic rings. The Kier molecular flexibility index (Phi) is 5.57. The molecule has 4 rings (SSSR count). The Morgan fingerprint density at radius 2 is 1.48 bits per heavy atom. The fraction of sp³-hybridized carbons (Fsp3) is 0.154. The topological polar surface area (TPSA) is 49.4 Å². The second-order valence-corrected chi connectivity index (χ2v) is 8.03. The Morgan fingerprint density at radius 1 is 0.788 bits per heavy atom. The molecule has 4 nitrogen and oxygen atoms in total. The van der Waals surface area contributed by atoms with E-state index < -0.39 is 23.6 Å². The van der Waals surface area contributed by atoms with Gasteiger partial charge >= 0.3 is 6.18 Å². The second kappa shape index (κ2) is 8.24. The molecule has 0 unspecified atom stereocenters. The van der Waals surface area contributed by atoms with Crippen molar-refractivity contribution in [2.24, 2.45) is 0 Å². The van der Waals surface area contributed by atoms with Crippen LogP contribution in [0.1, 0.15) is 27.8 Å². The number of nitrogens with one attached hydrogen (secondary N) is 1. The zero-order chi connectivity index (χ0) is 23.9. The molecule has 0 aromatic heterocycles. The predicted octanol–water partition coefficient (Wildman–Crippen LogP) is 6.03. The van der Waals surface area contributed by atoms with Gasteiger partial charge in [0.2, 0.25) is 0 Å². The first-order chi connectivity index (χ1) is 15.6. The maximum atomic E-state index is 13.4. The molecule has 3 aromatic rings. The van der Waals surface area contributed by atoms with E-state index in [2.05, 4.69) is 5.32 Å². The number of aryl methyl sites for hydroxylation is 3. The number of carbonyl (C=O) groups is 2. The maximum absolute atomic E-state index is 13.4. The van der Waals surface area contributed by atoms with Crippen LogP contribution in [0.15, 0.2) is 72.4 Å². The third-order valence-corrected chi connectivity index (χ3v) is 5.63. The van der Waals surface area contributed by atoms with Gasteiger partial charge in [-0.3, -0.25) is 9.59 Å². The lowest BCUT2D eigenvalue weighted by Gasteiger charge is -2.17. The van der Waals surface area contributed by atoms with Crippen LogP contribution in [0.25, 0.3) is 5.57 Å². The highest BCUT2D eigenvalue weighted by Gasteiger charge is 2.41. The van der Waals surface area contributed by atoms with Crippen molar-refractivity contribution < 1.29 is 22.8 Å². The van der Waals surface area contributed by atoms with Crippen molar-refractivity contribution in [3.63, 3.8) is 0 Å². The molecule has 3 aromatic carbocycles. The normalized spacial score (nSPS) is 14.3. The molecular formula is C26H21F3N2O2. The second-order valence-electron chi connectivity index (χ2n) is 8.03. The van der Waals surface area contributed by atoms with E-state index in [1.165, 1.54) is 12.1 Å². The lowest BCUT2D eigenvalue weighted by molar-refractivity contribution is -0.137. The van der Waals surface area contributed by atoms with E-state index in [4.69, 9.17) is 0 Å². The average Bonchev–Trinajstić information content (AvgIpc) is 3.00. The van der Waals surface area contributed by atoms with E-state index in [0.29, 0.717) is 11.3 Å². The van der Waals surface area contributed by atoms with Crippen LogP contribution in [-0.2, 0) is 15.8 Å². The smallest absolute Gasteiger partial charge is 0.350 e. The Hall–Kier alpha value is -3.87. The summed E-state index contributed by atoms with van der Waals surface area (Å²) in [5.74, 6) is -1.40. The SMILES string of the molecule is Cc1ccc(C2=C(Nc3ccc(C)c(C)c3)C(=O)N(c3cccc(C(F)(F)F)c3)C2=O)cc1. The molecular weight excluding hydrogens is 429 g/mol. The van der Waals surface area contributed by atoms with Gasteiger partial charge < -0.3 is 5.32 Å². The zero-order valence-electron chi connectivity index (χ0n) is 18.2. The van der Waals surface area contributed by atoms with Gasteiger partial charge in [0.15, 0.2) is 0 Å². The first-order valence-electron chi connectivity index (χ1n) is 10.3. The van der Waals surface area contributed by atoms with Gasteiger partial charge in [0.25, 0.3) is 11.8 Å². The van der Waals surface area contributed by atoms with Crippen molar-refractivity contribution in [1.82, 2.24) is 0 Å². The number of rotatable bonds is 4. The number of imide groups is 1. The summed E-state index contributed by atoms with van der Waals surface area (Å²) < 4.78 is 39.8. The van der Waals surface area contributed by atoms with E-state index in [9.17, 15) is 22.8 Å². The molecule has 0 aliphatic carbocycles. The zero-order valence-corrected chi connectivity index (χ0v) is 18.2. The predicted molar refractivity (Wildman–Crippen MR) is 122 cm³/mol. The van der Waals surface area contributed by atoms with Crippen LogP contribution in [0.4, 0.5) is 24.5 Å². The number of amides is 2. The summed E-state index contributed by atoms with van der Waals surface area (Å²) in [6, 6.07) is 16.8. The number of alkyl halides is 3. The Morgan fingerprint density at radius 3 is 2.12 bits per heavy atom. The third-order valence-electron chi connectivity index (χ3n) is 5.63. The molecule has 0 saturated carbocycles. The summed E-state index contributed by atoms with van der Waals surface area (Å²) in [6.45, 7) is 5.77. The van der Waals surface area contributed by atoms with Crippen LogP contribution in [-0.4, -0.2) is 11.8 Å². The summed E-state index contributed by atoms with van der Waals surface area (Å²) >= 11 is 0. The van der Waals surface area contributed by atoms with Crippen LogP contribution >= 0.6 is 0 Å². The van der Waals surface area contributed by atoms with Gasteiger partial charge in [-0.05, 0) is 67.8 Å². The number of anilines is 2. The van der Waals surface area contributed by atoms with Gasteiger partial charge in [0.05, 0.1) is 16.8 Å². The molecule has 168 valence electrons. The molecule has 0 bridgehead atoms. The minimum Gasteiger partial charge on any atom is -0.350 e. The summed E-state index contributed by atoms with van der Waals surface area (Å²) in [6.07, 6.45) is -4.60. The number of hydrogen-bond acceptors (Lipinski definition) is 3. The first kappa shape index (κ1) is 22.3. The van der Waals surface area contributed by atoms with Crippen LogP contribution in [0, 0.1) is 20.8 Å². The molecule has 1 N–H and O–H groups in total. The van der Waals surface area contributed by atoms with Crippen molar-refractivity contribution in [2.45, 2.75) is 26.9 Å². The minimum absolute atomic E-state index is 0.0181. The van der Waals surface area contributed by atoms with Gasteiger partial charge in [-0.1, -0.05) is 42.0 Å². The monoisotopic (exact) mass is 450 g/mol. The third kappa shape index (κ3) is 4.26. The number of benzene rings is 3. The van der Waals surface area contributed by atoms with Crippen molar-refractivity contribution in [3.8, 4) is 0 Å². The lowest BCUT2D eigenvalue weighted by atomic mass is 10.0. The molecule has 0 spiro atoms. The Labute approximate surface area is 189 Å². The molecule has 2 amide bonds. The highest BCUT2D eigenvalue weighted by atomic mass is 19.4. The summed E-state index contributed by atoms with van der Waals surface area (Å²) in [4.78, 5) is 27.6. The highest BCUT2D eigenvalue weighted by Crippen LogP contribution is 2.37. The molecule has 0 atom stereocenters. The molecule has 0 saturated heterocycles. The van der Waals surface area contributed by atoms with Gasteiger partial charge in [-0.15, -0.1) is 0 Å². The van der Waals surface area contributed by atoms with Crippen LogP contribution in [0.5, 0.6) is 0 Å². The molecule has 33 heavy (non-hydrogen) atoms. The Balaban J connectivity index is 1.82. The number of nitrogens with zero attached hydrogens (tertiary/aromatic N) is 1. The van der Waals surface area contributed by atoms with E-state index >= 15 is 0 Å². The van der Waals surface area contributed by atoms with E-state index in [1.54, 1.807) is 30.3 Å².